The van der Waals surface area contributed by atoms with Crippen molar-refractivity contribution >= 4 is 33.4 Å². The summed E-state index contributed by atoms with van der Waals surface area (Å²) in [6.07, 6.45) is 8.86. The van der Waals surface area contributed by atoms with Crippen LogP contribution in [0.5, 0.6) is 0 Å². The van der Waals surface area contributed by atoms with Gasteiger partial charge in [-0.1, -0.05) is 12.8 Å². The number of nitrogens with one attached hydrogen (secondary N) is 1. The van der Waals surface area contributed by atoms with Crippen LogP contribution in [0, 0.1) is 18.3 Å². The zero-order valence-corrected chi connectivity index (χ0v) is 12.8. The second-order valence-electron chi connectivity index (χ2n) is 3.98. The molecule has 1 atom stereocenters. The minimum Gasteiger partial charge on any atom is -0.382 e. The van der Waals surface area contributed by atoms with Crippen molar-refractivity contribution in [3.8, 4) is 12.3 Å². The summed E-state index contributed by atoms with van der Waals surface area (Å²) in [7, 11) is 0. The van der Waals surface area contributed by atoms with Crippen molar-refractivity contribution in [2.75, 3.05) is 23.9 Å². The third-order valence-electron chi connectivity index (χ3n) is 2.32. The van der Waals surface area contributed by atoms with Crippen molar-refractivity contribution in [2.24, 2.45) is 5.92 Å². The smallest absolute Gasteiger partial charge is 0.284 e. The summed E-state index contributed by atoms with van der Waals surface area (Å²) in [4.78, 5) is 11.9. The molecule has 98 valence electrons. The summed E-state index contributed by atoms with van der Waals surface area (Å²) >= 11 is 5.09. The summed E-state index contributed by atoms with van der Waals surface area (Å²) in [6.45, 7) is 3.14. The minimum absolute atomic E-state index is 0.181. The summed E-state index contributed by atoms with van der Waals surface area (Å²) < 4.78 is 1.73. The molecule has 0 bridgehead atoms. The molecule has 0 aliphatic heterocycles. The molecule has 0 saturated carbocycles. The Morgan fingerprint density at radius 2 is 2.44 bits per heavy atom. The molecule has 1 heterocycles. The van der Waals surface area contributed by atoms with Crippen LogP contribution >= 0.6 is 27.7 Å². The number of anilines is 1. The molecule has 6 heteroatoms. The molecule has 1 aromatic rings. The van der Waals surface area contributed by atoms with E-state index < -0.39 is 0 Å². The average Bonchev–Trinajstić information content (AvgIpc) is 2.35. The quantitative estimate of drug-likeness (QED) is 0.811. The first-order valence-corrected chi connectivity index (χ1v) is 7.70. The molecule has 0 radical (unpaired) electrons. The van der Waals surface area contributed by atoms with Gasteiger partial charge in [0.05, 0.1) is 11.9 Å². The van der Waals surface area contributed by atoms with Gasteiger partial charge in [0.25, 0.3) is 5.56 Å². The van der Waals surface area contributed by atoms with Gasteiger partial charge in [-0.15, -0.1) is 6.42 Å². The van der Waals surface area contributed by atoms with Crippen molar-refractivity contribution in [1.82, 2.24) is 9.78 Å². The van der Waals surface area contributed by atoms with Gasteiger partial charge in [-0.2, -0.15) is 16.9 Å². The van der Waals surface area contributed by atoms with Gasteiger partial charge in [0.15, 0.2) is 0 Å². The molecule has 0 spiro atoms. The maximum atomic E-state index is 11.9. The first-order valence-electron chi connectivity index (χ1n) is 5.52. The summed E-state index contributed by atoms with van der Waals surface area (Å²) in [5.41, 5.74) is 0.497. The van der Waals surface area contributed by atoms with E-state index in [1.807, 2.05) is 0 Å². The van der Waals surface area contributed by atoms with E-state index in [9.17, 15) is 4.79 Å². The number of thioether (sulfide) groups is 1. The third kappa shape index (κ3) is 4.07. The lowest BCUT2D eigenvalue weighted by Crippen LogP contribution is -2.25. The number of hydrogen-bond donors (Lipinski definition) is 1. The van der Waals surface area contributed by atoms with Crippen LogP contribution in [0.2, 0.25) is 0 Å². The van der Waals surface area contributed by atoms with Gasteiger partial charge in [0.1, 0.15) is 11.0 Å². The highest BCUT2D eigenvalue weighted by Gasteiger charge is 2.09. The minimum atomic E-state index is -0.213. The Hall–Kier alpha value is -0.930. The number of halogens is 1. The maximum absolute atomic E-state index is 11.9. The molecule has 1 unspecified atom stereocenters. The fourth-order valence-corrected chi connectivity index (χ4v) is 2.55. The number of hydrogen-bond acceptors (Lipinski definition) is 4. The summed E-state index contributed by atoms with van der Waals surface area (Å²) in [6, 6.07) is 0. The molecular formula is C12H16BrN3OS. The van der Waals surface area contributed by atoms with Crippen LogP contribution < -0.4 is 10.9 Å². The van der Waals surface area contributed by atoms with Crippen molar-refractivity contribution in [3.05, 3.63) is 21.0 Å². The number of aromatic nitrogens is 2. The van der Waals surface area contributed by atoms with Crippen LogP contribution in [0.1, 0.15) is 6.92 Å². The zero-order valence-electron chi connectivity index (χ0n) is 10.4. The average molecular weight is 330 g/mol. The van der Waals surface area contributed by atoms with Crippen molar-refractivity contribution in [1.29, 1.82) is 0 Å². The zero-order chi connectivity index (χ0) is 13.5. The van der Waals surface area contributed by atoms with E-state index in [0.717, 1.165) is 12.3 Å². The Balaban J connectivity index is 2.77. The number of terminal acetylenes is 1. The second-order valence-corrected chi connectivity index (χ2v) is 5.68. The lowest BCUT2D eigenvalue weighted by Gasteiger charge is -2.13. The Morgan fingerprint density at radius 1 is 1.72 bits per heavy atom. The van der Waals surface area contributed by atoms with Crippen LogP contribution in [0.25, 0.3) is 0 Å². The van der Waals surface area contributed by atoms with Crippen LogP contribution in [-0.4, -0.2) is 28.3 Å². The first kappa shape index (κ1) is 15.1. The summed E-state index contributed by atoms with van der Waals surface area (Å²) in [5, 5.41) is 7.24. The molecule has 0 aliphatic carbocycles. The number of nitrogens with zero attached hydrogens (tertiary/aromatic N) is 2. The Kier molecular flexibility index (Phi) is 6.30. The third-order valence-corrected chi connectivity index (χ3v) is 3.99. The molecular weight excluding hydrogens is 314 g/mol. The fourth-order valence-electron chi connectivity index (χ4n) is 1.42. The van der Waals surface area contributed by atoms with Gasteiger partial charge in [0.2, 0.25) is 0 Å². The van der Waals surface area contributed by atoms with E-state index in [-0.39, 0.29) is 12.1 Å². The largest absolute Gasteiger partial charge is 0.382 e. The Labute approximate surface area is 120 Å². The standard InChI is InChI=1S/C12H16BrN3OS/c1-4-5-16-12(17)11(13)10(7-15-16)14-6-9(2)8-18-3/h1,7,9,14H,5-6,8H2,2-3H3. The van der Waals surface area contributed by atoms with Crippen molar-refractivity contribution in [2.45, 2.75) is 13.5 Å². The van der Waals surface area contributed by atoms with Gasteiger partial charge < -0.3 is 5.32 Å². The fraction of sp³-hybridized carbons (Fsp3) is 0.500. The molecule has 1 aromatic heterocycles. The normalized spacial score (nSPS) is 11.9. The van der Waals surface area contributed by atoms with Gasteiger partial charge >= 0.3 is 0 Å². The van der Waals surface area contributed by atoms with Gasteiger partial charge in [-0.3, -0.25) is 4.79 Å². The van der Waals surface area contributed by atoms with E-state index in [0.29, 0.717) is 16.1 Å². The second kappa shape index (κ2) is 7.49. The van der Waals surface area contributed by atoms with Gasteiger partial charge in [-0.25, -0.2) is 4.68 Å². The van der Waals surface area contributed by atoms with Crippen molar-refractivity contribution < 1.29 is 0 Å². The van der Waals surface area contributed by atoms with Crippen LogP contribution in [0.4, 0.5) is 5.69 Å². The lowest BCUT2D eigenvalue weighted by atomic mass is 10.2. The monoisotopic (exact) mass is 329 g/mol. The SMILES string of the molecule is C#CCn1ncc(NCC(C)CSC)c(Br)c1=O. The molecule has 0 aromatic carbocycles. The summed E-state index contributed by atoms with van der Waals surface area (Å²) in [5.74, 6) is 4.00. The molecule has 0 saturated heterocycles. The molecule has 1 N–H and O–H groups in total. The van der Waals surface area contributed by atoms with E-state index in [1.165, 1.54) is 4.68 Å². The van der Waals surface area contributed by atoms with Gasteiger partial charge in [0, 0.05) is 6.54 Å². The Morgan fingerprint density at radius 3 is 3.06 bits per heavy atom. The molecule has 1 rings (SSSR count). The van der Waals surface area contributed by atoms with Crippen LogP contribution in [-0.2, 0) is 6.54 Å². The van der Waals surface area contributed by atoms with E-state index in [4.69, 9.17) is 6.42 Å². The predicted molar refractivity (Wildman–Crippen MR) is 81.1 cm³/mol. The highest BCUT2D eigenvalue weighted by molar-refractivity contribution is 9.10. The van der Waals surface area contributed by atoms with E-state index >= 15 is 0 Å². The van der Waals surface area contributed by atoms with Crippen LogP contribution in [0.15, 0.2) is 15.5 Å². The highest BCUT2D eigenvalue weighted by Crippen LogP contribution is 2.17. The lowest BCUT2D eigenvalue weighted by molar-refractivity contribution is 0.656. The van der Waals surface area contributed by atoms with E-state index in [2.05, 4.69) is 45.4 Å². The first-order chi connectivity index (χ1) is 8.60. The topological polar surface area (TPSA) is 46.9 Å². The molecule has 0 fully saturated rings. The van der Waals surface area contributed by atoms with E-state index in [1.54, 1.807) is 18.0 Å². The molecule has 0 amide bonds. The Bertz CT molecular complexity index is 495. The predicted octanol–water partition coefficient (Wildman–Crippen LogP) is 2.05. The van der Waals surface area contributed by atoms with Gasteiger partial charge in [-0.05, 0) is 33.9 Å². The van der Waals surface area contributed by atoms with Crippen molar-refractivity contribution in [3.63, 3.8) is 0 Å². The van der Waals surface area contributed by atoms with Crippen LogP contribution in [0.3, 0.4) is 0 Å². The molecule has 0 aliphatic rings. The number of rotatable bonds is 6. The highest BCUT2D eigenvalue weighted by atomic mass is 79.9. The molecule has 18 heavy (non-hydrogen) atoms. The molecule has 4 nitrogen and oxygen atoms in total. The maximum Gasteiger partial charge on any atom is 0.284 e.